The van der Waals surface area contributed by atoms with Gasteiger partial charge in [-0.2, -0.15) is 0 Å². The summed E-state index contributed by atoms with van der Waals surface area (Å²) in [6.07, 6.45) is 0.716. The maximum Gasteiger partial charge on any atom is 0.240 e. The molecule has 0 aliphatic carbocycles. The van der Waals surface area contributed by atoms with E-state index in [0.29, 0.717) is 28.3 Å². The average Bonchev–Trinajstić information content (AvgIpc) is 2.64. The molecule has 9 heteroatoms. The van der Waals surface area contributed by atoms with E-state index in [2.05, 4.69) is 21.2 Å². The highest BCUT2D eigenvalue weighted by molar-refractivity contribution is 9.10. The zero-order valence-corrected chi connectivity index (χ0v) is 17.0. The molecule has 1 amide bonds. The zero-order chi connectivity index (χ0) is 19.4. The summed E-state index contributed by atoms with van der Waals surface area (Å²) >= 11 is 3.32. The lowest BCUT2D eigenvalue weighted by molar-refractivity contribution is -0.120. The highest BCUT2D eigenvalue weighted by atomic mass is 79.9. The summed E-state index contributed by atoms with van der Waals surface area (Å²) in [6, 6.07) is 14.1. The number of benzene rings is 2. The summed E-state index contributed by atoms with van der Waals surface area (Å²) in [4.78, 5) is 12.3. The molecule has 1 aliphatic rings. The van der Waals surface area contributed by atoms with Crippen LogP contribution in [0, 0.1) is 0 Å². The fourth-order valence-corrected chi connectivity index (χ4v) is 4.10. The van der Waals surface area contributed by atoms with E-state index < -0.39 is 15.9 Å². The van der Waals surface area contributed by atoms with E-state index in [1.165, 1.54) is 0 Å². The number of carbonyl (C=O) groups excluding carboxylic acids is 1. The van der Waals surface area contributed by atoms with Crippen LogP contribution < -0.4 is 19.1 Å². The summed E-state index contributed by atoms with van der Waals surface area (Å²) < 4.78 is 37.3. The van der Waals surface area contributed by atoms with Crippen molar-refractivity contribution in [1.82, 2.24) is 5.32 Å². The van der Waals surface area contributed by atoms with Crippen LogP contribution in [0.15, 0.2) is 53.0 Å². The number of fused-ring (bicyclic) bond motifs is 1. The van der Waals surface area contributed by atoms with Crippen LogP contribution in [-0.4, -0.2) is 46.4 Å². The Hall–Kier alpha value is -2.26. The monoisotopic (exact) mass is 454 g/mol. The fourth-order valence-electron chi connectivity index (χ4n) is 2.61. The molecule has 1 unspecified atom stereocenters. The van der Waals surface area contributed by atoms with Crippen molar-refractivity contribution in [1.29, 1.82) is 0 Å². The van der Waals surface area contributed by atoms with Crippen LogP contribution in [0.3, 0.4) is 0 Å². The lowest BCUT2D eigenvalue weighted by Crippen LogP contribution is -2.45. The van der Waals surface area contributed by atoms with Gasteiger partial charge < -0.3 is 14.8 Å². The summed E-state index contributed by atoms with van der Waals surface area (Å²) in [7, 11) is -3.63. The van der Waals surface area contributed by atoms with Gasteiger partial charge in [-0.05, 0) is 40.2 Å². The molecule has 0 saturated carbocycles. The normalized spacial score (nSPS) is 15.9. The molecule has 2 aromatic rings. The lowest BCUT2D eigenvalue weighted by Gasteiger charge is -2.27. The number of hydrogen-bond acceptors (Lipinski definition) is 5. The minimum atomic E-state index is -3.63. The summed E-state index contributed by atoms with van der Waals surface area (Å²) in [5.41, 5.74) is 0.404. The third-order valence-electron chi connectivity index (χ3n) is 3.90. The van der Waals surface area contributed by atoms with E-state index in [0.717, 1.165) is 10.6 Å². The van der Waals surface area contributed by atoms with E-state index in [9.17, 15) is 13.2 Å². The predicted octanol–water partition coefficient (Wildman–Crippen LogP) is 2.17. The van der Waals surface area contributed by atoms with Crippen LogP contribution in [0.4, 0.5) is 5.69 Å². The Bertz CT molecular complexity index is 935. The molecule has 1 N–H and O–H groups in total. The number of nitrogens with one attached hydrogen (secondary N) is 1. The molecule has 1 heterocycles. The van der Waals surface area contributed by atoms with Crippen molar-refractivity contribution in [2.24, 2.45) is 0 Å². The van der Waals surface area contributed by atoms with Gasteiger partial charge in [0, 0.05) is 4.47 Å². The van der Waals surface area contributed by atoms with Gasteiger partial charge >= 0.3 is 0 Å². The number of anilines is 1. The summed E-state index contributed by atoms with van der Waals surface area (Å²) in [6.45, 7) is 0.184. The van der Waals surface area contributed by atoms with E-state index in [4.69, 9.17) is 9.47 Å². The minimum absolute atomic E-state index is 0.209. The van der Waals surface area contributed by atoms with Crippen LogP contribution in [-0.2, 0) is 14.8 Å². The number of sulfonamides is 1. The van der Waals surface area contributed by atoms with Gasteiger partial charge in [0.1, 0.15) is 19.3 Å². The van der Waals surface area contributed by atoms with Crippen molar-refractivity contribution >= 4 is 37.5 Å². The Balaban J connectivity index is 1.62. The van der Waals surface area contributed by atoms with Gasteiger partial charge in [0.05, 0.1) is 18.5 Å². The molecular formula is C18H19BrN2O5S. The Labute approximate surface area is 166 Å². The first-order valence-electron chi connectivity index (χ1n) is 8.22. The van der Waals surface area contributed by atoms with Crippen LogP contribution in [0.5, 0.6) is 11.5 Å². The van der Waals surface area contributed by atoms with Gasteiger partial charge in [-0.25, -0.2) is 8.42 Å². The average molecular weight is 455 g/mol. The van der Waals surface area contributed by atoms with E-state index in [-0.39, 0.29) is 19.2 Å². The first-order valence-corrected chi connectivity index (χ1v) is 10.9. The van der Waals surface area contributed by atoms with Crippen molar-refractivity contribution in [3.63, 3.8) is 0 Å². The summed E-state index contributed by atoms with van der Waals surface area (Å²) in [5.74, 6) is 0.852. The molecule has 0 bridgehead atoms. The number of para-hydroxylation sites is 3. The number of amides is 1. The zero-order valence-electron chi connectivity index (χ0n) is 14.6. The van der Waals surface area contributed by atoms with Crippen molar-refractivity contribution in [2.75, 3.05) is 30.3 Å². The number of nitrogens with zero attached hydrogens (tertiary/aromatic N) is 1. The molecule has 1 atom stereocenters. The molecule has 0 spiro atoms. The second-order valence-electron chi connectivity index (χ2n) is 6.02. The second-order valence-corrected chi connectivity index (χ2v) is 8.78. The van der Waals surface area contributed by atoms with Gasteiger partial charge in [-0.15, -0.1) is 0 Å². The number of hydrogen-bond donors (Lipinski definition) is 1. The van der Waals surface area contributed by atoms with Crippen molar-refractivity contribution in [3.8, 4) is 11.5 Å². The van der Waals surface area contributed by atoms with Crippen LogP contribution >= 0.6 is 15.9 Å². The summed E-state index contributed by atoms with van der Waals surface area (Å²) in [5, 5.41) is 2.71. The molecule has 0 saturated heterocycles. The molecule has 2 aromatic carbocycles. The van der Waals surface area contributed by atoms with E-state index in [1.54, 1.807) is 30.3 Å². The lowest BCUT2D eigenvalue weighted by atomic mass is 10.2. The van der Waals surface area contributed by atoms with Crippen molar-refractivity contribution in [3.05, 3.63) is 53.0 Å². The van der Waals surface area contributed by atoms with Gasteiger partial charge in [-0.1, -0.05) is 24.3 Å². The van der Waals surface area contributed by atoms with Crippen LogP contribution in [0.2, 0.25) is 0 Å². The molecule has 144 valence electrons. The molecule has 0 aromatic heterocycles. The molecule has 27 heavy (non-hydrogen) atoms. The molecular weight excluding hydrogens is 436 g/mol. The Morgan fingerprint density at radius 1 is 1.19 bits per heavy atom. The van der Waals surface area contributed by atoms with Crippen LogP contribution in [0.1, 0.15) is 0 Å². The highest BCUT2D eigenvalue weighted by Crippen LogP contribution is 2.30. The Morgan fingerprint density at radius 2 is 1.85 bits per heavy atom. The third-order valence-corrected chi connectivity index (χ3v) is 5.70. The molecule has 0 fully saturated rings. The van der Waals surface area contributed by atoms with E-state index >= 15 is 0 Å². The largest absolute Gasteiger partial charge is 0.486 e. The van der Waals surface area contributed by atoms with Crippen LogP contribution in [0.25, 0.3) is 0 Å². The highest BCUT2D eigenvalue weighted by Gasteiger charge is 2.24. The minimum Gasteiger partial charge on any atom is -0.486 e. The molecule has 7 nitrogen and oxygen atoms in total. The molecule has 3 rings (SSSR count). The number of halogens is 1. The third kappa shape index (κ3) is 4.92. The van der Waals surface area contributed by atoms with Gasteiger partial charge in [0.15, 0.2) is 11.5 Å². The Morgan fingerprint density at radius 3 is 2.56 bits per heavy atom. The maximum atomic E-state index is 12.3. The standard InChI is InChI=1S/C18H19BrN2O5S/c1-27(23,24)21(15-7-3-2-6-14(15)19)11-18(22)20-10-13-12-25-16-8-4-5-9-17(16)26-13/h2-9,13H,10-12H2,1H3,(H,20,22). The second kappa shape index (κ2) is 8.18. The topological polar surface area (TPSA) is 84.9 Å². The van der Waals surface area contributed by atoms with Gasteiger partial charge in [0.2, 0.25) is 15.9 Å². The quantitative estimate of drug-likeness (QED) is 0.722. The van der Waals surface area contributed by atoms with Crippen molar-refractivity contribution in [2.45, 2.75) is 6.10 Å². The predicted molar refractivity (Wildman–Crippen MR) is 106 cm³/mol. The van der Waals surface area contributed by atoms with Gasteiger partial charge in [0.25, 0.3) is 0 Å². The first-order chi connectivity index (χ1) is 12.8. The molecule has 0 radical (unpaired) electrons. The maximum absolute atomic E-state index is 12.3. The first kappa shape index (κ1) is 19.5. The number of ether oxygens (including phenoxy) is 2. The fraction of sp³-hybridized carbons (Fsp3) is 0.278. The smallest absolute Gasteiger partial charge is 0.240 e. The Kier molecular flexibility index (Phi) is 5.91. The van der Waals surface area contributed by atoms with Gasteiger partial charge in [-0.3, -0.25) is 9.10 Å². The molecule has 1 aliphatic heterocycles. The van der Waals surface area contributed by atoms with E-state index in [1.807, 2.05) is 18.2 Å². The number of rotatable bonds is 6. The number of carbonyl (C=O) groups is 1. The SMILES string of the molecule is CS(=O)(=O)N(CC(=O)NCC1COc2ccccc2O1)c1ccccc1Br. The van der Waals surface area contributed by atoms with Crippen molar-refractivity contribution < 1.29 is 22.7 Å².